The molecule has 0 saturated carbocycles. The van der Waals surface area contributed by atoms with E-state index in [2.05, 4.69) is 15.9 Å². The number of hydrogen-bond acceptors (Lipinski definition) is 5. The molecule has 38 heavy (non-hydrogen) atoms. The van der Waals surface area contributed by atoms with Crippen LogP contribution in [0.15, 0.2) is 118 Å². The molecule has 5 aromatic rings. The third-order valence-corrected chi connectivity index (χ3v) is 7.71. The number of halogens is 1. The first-order valence-corrected chi connectivity index (χ1v) is 13.1. The molecule has 3 atom stereocenters. The summed E-state index contributed by atoms with van der Waals surface area (Å²) in [5.74, 6) is -0.224. The molecule has 186 valence electrons. The highest BCUT2D eigenvalue weighted by Crippen LogP contribution is 2.49. The summed E-state index contributed by atoms with van der Waals surface area (Å²) in [6, 6.07) is 33.8. The van der Waals surface area contributed by atoms with E-state index in [4.69, 9.17) is 9.25 Å². The van der Waals surface area contributed by atoms with Crippen LogP contribution in [-0.2, 0) is 14.4 Å². The van der Waals surface area contributed by atoms with Crippen molar-refractivity contribution in [2.75, 3.05) is 9.96 Å². The van der Waals surface area contributed by atoms with Crippen LogP contribution in [0.3, 0.4) is 0 Å². The molecule has 7 heteroatoms. The van der Waals surface area contributed by atoms with Crippen LogP contribution in [0.25, 0.3) is 22.1 Å². The number of nitrogens with zero attached hydrogens (tertiary/aromatic N) is 2. The van der Waals surface area contributed by atoms with E-state index in [1.165, 1.54) is 4.90 Å². The van der Waals surface area contributed by atoms with Crippen LogP contribution in [0.4, 0.5) is 11.4 Å². The average molecular weight is 565 g/mol. The number of para-hydroxylation sites is 1. The molecular formula is C31H21BrN2O4. The topological polar surface area (TPSA) is 63.0 Å². The molecular weight excluding hydrogens is 544 g/mol. The van der Waals surface area contributed by atoms with Crippen molar-refractivity contribution in [3.63, 3.8) is 0 Å². The third-order valence-electron chi connectivity index (χ3n) is 7.18. The van der Waals surface area contributed by atoms with E-state index < -0.39 is 18.1 Å². The van der Waals surface area contributed by atoms with Crippen LogP contribution in [0.5, 0.6) is 0 Å². The maximum absolute atomic E-state index is 14.1. The summed E-state index contributed by atoms with van der Waals surface area (Å²) in [6.07, 6.45) is -0.965. The second-order valence-corrected chi connectivity index (χ2v) is 10.3. The number of furan rings is 1. The summed E-state index contributed by atoms with van der Waals surface area (Å²) < 4.78 is 7.30. The van der Waals surface area contributed by atoms with Gasteiger partial charge in [0.1, 0.15) is 23.5 Å². The number of imide groups is 1. The lowest BCUT2D eigenvalue weighted by atomic mass is 9.94. The number of carbonyl (C=O) groups is 2. The summed E-state index contributed by atoms with van der Waals surface area (Å²) in [5, 5.41) is 3.44. The van der Waals surface area contributed by atoms with Gasteiger partial charge in [-0.25, -0.2) is 9.96 Å². The van der Waals surface area contributed by atoms with E-state index in [-0.39, 0.29) is 11.8 Å². The predicted molar refractivity (Wildman–Crippen MR) is 148 cm³/mol. The van der Waals surface area contributed by atoms with Gasteiger partial charge in [0, 0.05) is 15.4 Å². The van der Waals surface area contributed by atoms with E-state index in [0.29, 0.717) is 17.2 Å². The van der Waals surface area contributed by atoms with Gasteiger partial charge in [-0.15, -0.1) is 0 Å². The first-order valence-electron chi connectivity index (χ1n) is 12.3. The molecule has 2 amide bonds. The zero-order chi connectivity index (χ0) is 25.8. The molecule has 1 aromatic heterocycles. The van der Waals surface area contributed by atoms with Crippen LogP contribution in [0.1, 0.15) is 11.8 Å². The predicted octanol–water partition coefficient (Wildman–Crippen LogP) is 6.91. The molecule has 0 N–H and O–H groups in total. The summed E-state index contributed by atoms with van der Waals surface area (Å²) in [6.45, 7) is 0. The molecule has 3 heterocycles. The van der Waals surface area contributed by atoms with Gasteiger partial charge in [0.2, 0.25) is 5.91 Å². The SMILES string of the molecule is O=C1[C@@H]2[C@@H](c3ccc(-c4ccc(Br)cc4)o3)N(c3ccccc3)O[C@H]2C(=O)N1c1cccc2ccccc12. The van der Waals surface area contributed by atoms with Gasteiger partial charge in [-0.2, -0.15) is 0 Å². The molecule has 2 fully saturated rings. The highest BCUT2D eigenvalue weighted by atomic mass is 79.9. The molecule has 0 bridgehead atoms. The Kier molecular flexibility index (Phi) is 5.42. The number of hydrogen-bond donors (Lipinski definition) is 0. The van der Waals surface area contributed by atoms with Crippen LogP contribution in [0, 0.1) is 5.92 Å². The molecule has 6 nitrogen and oxygen atoms in total. The maximum atomic E-state index is 14.1. The molecule has 0 radical (unpaired) electrons. The number of fused-ring (bicyclic) bond motifs is 2. The van der Waals surface area contributed by atoms with E-state index in [0.717, 1.165) is 26.5 Å². The second-order valence-electron chi connectivity index (χ2n) is 9.38. The van der Waals surface area contributed by atoms with Gasteiger partial charge in [-0.1, -0.05) is 82.7 Å². The molecule has 0 unspecified atom stereocenters. The minimum absolute atomic E-state index is 0.304. The van der Waals surface area contributed by atoms with E-state index in [1.807, 2.05) is 109 Å². The lowest BCUT2D eigenvalue weighted by Gasteiger charge is -2.27. The molecule has 2 saturated heterocycles. The van der Waals surface area contributed by atoms with Crippen molar-refractivity contribution in [3.05, 3.63) is 119 Å². The largest absolute Gasteiger partial charge is 0.459 e. The number of amides is 2. The number of carbonyl (C=O) groups excluding carboxylic acids is 2. The Labute approximate surface area is 227 Å². The fourth-order valence-corrected chi connectivity index (χ4v) is 5.69. The normalized spacial score (nSPS) is 20.9. The van der Waals surface area contributed by atoms with E-state index >= 15 is 0 Å². The van der Waals surface area contributed by atoms with Gasteiger partial charge < -0.3 is 4.42 Å². The molecule has 4 aromatic carbocycles. The molecule has 7 rings (SSSR count). The van der Waals surface area contributed by atoms with Crippen LogP contribution in [0.2, 0.25) is 0 Å². The Hall–Kier alpha value is -4.20. The van der Waals surface area contributed by atoms with Crippen LogP contribution in [-0.4, -0.2) is 17.9 Å². The van der Waals surface area contributed by atoms with Crippen LogP contribution < -0.4 is 9.96 Å². The summed E-state index contributed by atoms with van der Waals surface area (Å²) >= 11 is 3.47. The monoisotopic (exact) mass is 564 g/mol. The summed E-state index contributed by atoms with van der Waals surface area (Å²) in [7, 11) is 0. The smallest absolute Gasteiger partial charge is 0.266 e. The summed E-state index contributed by atoms with van der Waals surface area (Å²) in [4.78, 5) is 35.4. The number of benzene rings is 4. The standard InChI is InChI=1S/C31H21BrN2O4/c32-21-15-13-20(14-16-21)25-17-18-26(37-25)28-27-29(38-34(28)22-9-2-1-3-10-22)31(36)33(30(27)35)24-12-6-8-19-7-4-5-11-23(19)24/h1-18,27-29H/t27-,28-,29-/m1/s1. The average Bonchev–Trinajstić information content (AvgIpc) is 3.65. The Balaban J connectivity index is 1.32. The number of rotatable bonds is 4. The fourth-order valence-electron chi connectivity index (χ4n) is 5.42. The van der Waals surface area contributed by atoms with E-state index in [9.17, 15) is 9.59 Å². The van der Waals surface area contributed by atoms with E-state index in [1.54, 1.807) is 5.06 Å². The zero-order valence-electron chi connectivity index (χ0n) is 20.0. The highest BCUT2D eigenvalue weighted by Gasteiger charge is 2.61. The second kappa shape index (κ2) is 8.97. The van der Waals surface area contributed by atoms with Gasteiger partial charge in [0.15, 0.2) is 6.10 Å². The molecule has 0 spiro atoms. The third kappa shape index (κ3) is 3.58. The highest BCUT2D eigenvalue weighted by molar-refractivity contribution is 9.10. The molecule has 0 aliphatic carbocycles. The Morgan fingerprint density at radius 2 is 1.45 bits per heavy atom. The minimum Gasteiger partial charge on any atom is -0.459 e. The van der Waals surface area contributed by atoms with Crippen molar-refractivity contribution in [1.82, 2.24) is 0 Å². The maximum Gasteiger partial charge on any atom is 0.266 e. The first-order chi connectivity index (χ1) is 18.6. The first kappa shape index (κ1) is 23.0. The van der Waals surface area contributed by atoms with Gasteiger partial charge in [-0.05, 0) is 47.9 Å². The lowest BCUT2D eigenvalue weighted by Crippen LogP contribution is -2.37. The lowest BCUT2D eigenvalue weighted by molar-refractivity contribution is -0.126. The Morgan fingerprint density at radius 1 is 0.711 bits per heavy atom. The van der Waals surface area contributed by atoms with Crippen molar-refractivity contribution >= 4 is 49.9 Å². The van der Waals surface area contributed by atoms with Crippen LogP contribution >= 0.6 is 15.9 Å². The van der Waals surface area contributed by atoms with Gasteiger partial charge in [0.05, 0.1) is 11.4 Å². The fraction of sp³-hybridized carbons (Fsp3) is 0.0968. The van der Waals surface area contributed by atoms with Crippen molar-refractivity contribution in [1.29, 1.82) is 0 Å². The quantitative estimate of drug-likeness (QED) is 0.222. The van der Waals surface area contributed by atoms with Crippen molar-refractivity contribution in [3.8, 4) is 11.3 Å². The van der Waals surface area contributed by atoms with Gasteiger partial charge >= 0.3 is 0 Å². The Morgan fingerprint density at radius 3 is 2.26 bits per heavy atom. The zero-order valence-corrected chi connectivity index (χ0v) is 21.6. The van der Waals surface area contributed by atoms with Gasteiger partial charge in [0.25, 0.3) is 5.91 Å². The van der Waals surface area contributed by atoms with Crippen molar-refractivity contribution in [2.45, 2.75) is 12.1 Å². The summed E-state index contributed by atoms with van der Waals surface area (Å²) in [5.41, 5.74) is 2.22. The molecule has 2 aliphatic heterocycles. The van der Waals surface area contributed by atoms with Crippen molar-refractivity contribution < 1.29 is 18.8 Å². The minimum atomic E-state index is -0.965. The number of hydroxylamine groups is 1. The number of anilines is 2. The Bertz CT molecular complexity index is 1680. The molecule has 2 aliphatic rings. The van der Waals surface area contributed by atoms with Crippen molar-refractivity contribution in [2.24, 2.45) is 5.92 Å². The van der Waals surface area contributed by atoms with Gasteiger partial charge in [-0.3, -0.25) is 14.4 Å².